The minimum Gasteiger partial charge on any atom is -0.343 e. The first kappa shape index (κ1) is 17.7. The molecule has 0 spiro atoms. The van der Waals surface area contributed by atoms with Crippen molar-refractivity contribution in [2.24, 2.45) is 0 Å². The van der Waals surface area contributed by atoms with E-state index in [-0.39, 0.29) is 23.7 Å². The van der Waals surface area contributed by atoms with Gasteiger partial charge in [-0.25, -0.2) is 4.79 Å². The number of nitrogens with one attached hydrogen (secondary N) is 2. The van der Waals surface area contributed by atoms with E-state index in [2.05, 4.69) is 15.6 Å². The molecule has 0 aliphatic heterocycles. The lowest BCUT2D eigenvalue weighted by atomic mass is 10.1. The first-order valence-corrected chi connectivity index (χ1v) is 7.75. The topological polar surface area (TPSA) is 74.3 Å². The largest absolute Gasteiger partial charge is 0.343 e. The number of benzene rings is 1. The van der Waals surface area contributed by atoms with Gasteiger partial charge in [0.25, 0.3) is 5.91 Å². The molecule has 2 aromatic rings. The first-order valence-electron chi connectivity index (χ1n) is 7.37. The average molecular weight is 347 g/mol. The van der Waals surface area contributed by atoms with Gasteiger partial charge in [-0.05, 0) is 36.8 Å². The maximum atomic E-state index is 12.1. The summed E-state index contributed by atoms with van der Waals surface area (Å²) in [7, 11) is 3.29. The van der Waals surface area contributed by atoms with Gasteiger partial charge in [0.15, 0.2) is 0 Å². The molecule has 0 aliphatic rings. The number of hydrogen-bond donors (Lipinski definition) is 2. The Morgan fingerprint density at radius 1 is 1.17 bits per heavy atom. The van der Waals surface area contributed by atoms with E-state index in [1.807, 2.05) is 19.1 Å². The van der Waals surface area contributed by atoms with Crippen molar-refractivity contribution >= 4 is 29.2 Å². The van der Waals surface area contributed by atoms with Crippen LogP contribution in [0.4, 0.5) is 10.5 Å². The van der Waals surface area contributed by atoms with Crippen molar-refractivity contribution in [3.63, 3.8) is 0 Å². The Hall–Kier alpha value is -2.60. The molecule has 2 rings (SSSR count). The lowest BCUT2D eigenvalue weighted by Gasteiger charge is -2.15. The highest BCUT2D eigenvalue weighted by atomic mass is 35.5. The van der Waals surface area contributed by atoms with Crippen molar-refractivity contribution in [3.8, 4) is 0 Å². The van der Waals surface area contributed by atoms with Gasteiger partial charge in [0, 0.05) is 31.0 Å². The van der Waals surface area contributed by atoms with Crippen LogP contribution in [0.15, 0.2) is 42.6 Å². The Balaban J connectivity index is 2.00. The van der Waals surface area contributed by atoms with Gasteiger partial charge in [0.1, 0.15) is 5.69 Å². The first-order chi connectivity index (χ1) is 11.4. The molecular formula is C17H19ClN4O2. The molecule has 1 atom stereocenters. The van der Waals surface area contributed by atoms with Crippen LogP contribution in [0.3, 0.4) is 0 Å². The monoisotopic (exact) mass is 346 g/mol. The highest BCUT2D eigenvalue weighted by Crippen LogP contribution is 2.16. The summed E-state index contributed by atoms with van der Waals surface area (Å²) < 4.78 is 0. The van der Waals surface area contributed by atoms with Gasteiger partial charge in [-0.2, -0.15) is 0 Å². The van der Waals surface area contributed by atoms with E-state index in [0.717, 1.165) is 5.56 Å². The molecule has 126 valence electrons. The lowest BCUT2D eigenvalue weighted by molar-refractivity contribution is 0.0822. The highest BCUT2D eigenvalue weighted by Gasteiger charge is 2.12. The Bertz CT molecular complexity index is 732. The molecule has 24 heavy (non-hydrogen) atoms. The van der Waals surface area contributed by atoms with E-state index in [9.17, 15) is 9.59 Å². The van der Waals surface area contributed by atoms with Crippen molar-refractivity contribution in [2.45, 2.75) is 13.0 Å². The Kier molecular flexibility index (Phi) is 5.76. The maximum Gasteiger partial charge on any atom is 0.319 e. The molecule has 0 radical (unpaired) electrons. The van der Waals surface area contributed by atoms with Gasteiger partial charge in [0.2, 0.25) is 0 Å². The summed E-state index contributed by atoms with van der Waals surface area (Å²) in [5.41, 5.74) is 1.70. The summed E-state index contributed by atoms with van der Waals surface area (Å²) in [6.45, 7) is 1.87. The number of aromatic nitrogens is 1. The molecule has 0 fully saturated rings. The molecule has 0 unspecified atom stereocenters. The van der Waals surface area contributed by atoms with Gasteiger partial charge in [-0.3, -0.25) is 9.78 Å². The molecule has 1 aromatic heterocycles. The predicted octanol–water partition coefficient (Wildman–Crippen LogP) is 3.32. The molecule has 0 bridgehead atoms. The number of pyridine rings is 1. The number of hydrogen-bond acceptors (Lipinski definition) is 3. The predicted molar refractivity (Wildman–Crippen MR) is 94.3 cm³/mol. The number of amides is 3. The molecular weight excluding hydrogens is 328 g/mol. The lowest BCUT2D eigenvalue weighted by Crippen LogP contribution is -2.31. The van der Waals surface area contributed by atoms with Crippen LogP contribution < -0.4 is 10.6 Å². The molecule has 2 N–H and O–H groups in total. The summed E-state index contributed by atoms with van der Waals surface area (Å²) in [4.78, 5) is 29.4. The zero-order valence-electron chi connectivity index (χ0n) is 13.7. The van der Waals surface area contributed by atoms with Crippen LogP contribution in [-0.2, 0) is 0 Å². The standard InChI is InChI=1S/C17H19ClN4O2/c1-11(12-4-6-13(18)7-5-12)20-17(24)21-14-8-9-19-15(10-14)16(23)22(2)3/h4-11H,1-3H3,(H2,19,20,21,24)/t11-/m1/s1. The van der Waals surface area contributed by atoms with E-state index in [1.165, 1.54) is 17.2 Å². The molecule has 3 amide bonds. The van der Waals surface area contributed by atoms with Crippen molar-refractivity contribution in [1.29, 1.82) is 0 Å². The number of urea groups is 1. The zero-order valence-corrected chi connectivity index (χ0v) is 14.5. The number of carbonyl (C=O) groups excluding carboxylic acids is 2. The van der Waals surface area contributed by atoms with Gasteiger partial charge in [-0.1, -0.05) is 23.7 Å². The van der Waals surface area contributed by atoms with Gasteiger partial charge in [0.05, 0.1) is 6.04 Å². The second kappa shape index (κ2) is 7.79. The number of rotatable bonds is 4. The fourth-order valence-corrected chi connectivity index (χ4v) is 2.18. The summed E-state index contributed by atoms with van der Waals surface area (Å²) in [5, 5.41) is 6.17. The van der Waals surface area contributed by atoms with Gasteiger partial charge >= 0.3 is 6.03 Å². The minimum atomic E-state index is -0.369. The van der Waals surface area contributed by atoms with E-state index in [0.29, 0.717) is 10.7 Å². The summed E-state index contributed by atoms with van der Waals surface area (Å²) >= 11 is 5.86. The fraction of sp³-hybridized carbons (Fsp3) is 0.235. The molecule has 0 saturated heterocycles. The van der Waals surface area contributed by atoms with Crippen LogP contribution in [0, 0.1) is 0 Å². The van der Waals surface area contributed by atoms with E-state index in [1.54, 1.807) is 32.3 Å². The Morgan fingerprint density at radius 2 is 1.83 bits per heavy atom. The van der Waals surface area contributed by atoms with Crippen LogP contribution in [0.25, 0.3) is 0 Å². The molecule has 6 nitrogen and oxygen atoms in total. The van der Waals surface area contributed by atoms with E-state index in [4.69, 9.17) is 11.6 Å². The second-order valence-corrected chi connectivity index (χ2v) is 5.94. The highest BCUT2D eigenvalue weighted by molar-refractivity contribution is 6.30. The van der Waals surface area contributed by atoms with Crippen molar-refractivity contribution in [2.75, 3.05) is 19.4 Å². The SMILES string of the molecule is C[C@@H](NC(=O)Nc1ccnc(C(=O)N(C)C)c1)c1ccc(Cl)cc1. The maximum absolute atomic E-state index is 12.1. The molecule has 0 saturated carbocycles. The summed E-state index contributed by atoms with van der Waals surface area (Å²) in [6.07, 6.45) is 1.48. The zero-order chi connectivity index (χ0) is 17.7. The number of carbonyl (C=O) groups is 2. The third-order valence-corrected chi connectivity index (χ3v) is 3.61. The molecule has 1 aromatic carbocycles. The van der Waals surface area contributed by atoms with Crippen LogP contribution in [0.5, 0.6) is 0 Å². The minimum absolute atomic E-state index is 0.188. The van der Waals surface area contributed by atoms with Crippen LogP contribution in [-0.4, -0.2) is 35.9 Å². The Labute approximate surface area is 145 Å². The molecule has 0 aliphatic carbocycles. The fourth-order valence-electron chi connectivity index (χ4n) is 2.05. The third-order valence-electron chi connectivity index (χ3n) is 3.36. The van der Waals surface area contributed by atoms with Gasteiger partial charge in [-0.15, -0.1) is 0 Å². The second-order valence-electron chi connectivity index (χ2n) is 5.50. The smallest absolute Gasteiger partial charge is 0.319 e. The van der Waals surface area contributed by atoms with Crippen LogP contribution in [0.2, 0.25) is 5.02 Å². The molecule has 7 heteroatoms. The quantitative estimate of drug-likeness (QED) is 0.891. The number of anilines is 1. The normalized spacial score (nSPS) is 11.5. The van der Waals surface area contributed by atoms with Crippen molar-refractivity contribution < 1.29 is 9.59 Å². The van der Waals surface area contributed by atoms with E-state index >= 15 is 0 Å². The summed E-state index contributed by atoms with van der Waals surface area (Å²) in [5.74, 6) is -0.228. The third kappa shape index (κ3) is 4.70. The number of nitrogens with zero attached hydrogens (tertiary/aromatic N) is 2. The Morgan fingerprint density at radius 3 is 2.46 bits per heavy atom. The molecule has 1 heterocycles. The number of halogens is 1. The van der Waals surface area contributed by atoms with E-state index < -0.39 is 0 Å². The average Bonchev–Trinajstić information content (AvgIpc) is 2.54. The van der Waals surface area contributed by atoms with Crippen molar-refractivity contribution in [1.82, 2.24) is 15.2 Å². The van der Waals surface area contributed by atoms with Gasteiger partial charge < -0.3 is 15.5 Å². The summed E-state index contributed by atoms with van der Waals surface area (Å²) in [6, 6.07) is 9.86. The van der Waals surface area contributed by atoms with Crippen LogP contribution in [0.1, 0.15) is 29.0 Å². The van der Waals surface area contributed by atoms with Crippen LogP contribution >= 0.6 is 11.6 Å². The van der Waals surface area contributed by atoms with Crippen molar-refractivity contribution in [3.05, 3.63) is 58.9 Å².